The van der Waals surface area contributed by atoms with Crippen LogP contribution in [0.4, 0.5) is 5.95 Å². The lowest BCUT2D eigenvalue weighted by Gasteiger charge is -2.05. The quantitative estimate of drug-likeness (QED) is 0.659. The number of hydrogen-bond acceptors (Lipinski definition) is 3. The summed E-state index contributed by atoms with van der Waals surface area (Å²) in [6.45, 7) is 2.85. The summed E-state index contributed by atoms with van der Waals surface area (Å²) >= 11 is 0. The van der Waals surface area contributed by atoms with Crippen molar-refractivity contribution < 1.29 is 0 Å². The highest BCUT2D eigenvalue weighted by Gasteiger charge is 2.08. The zero-order valence-electron chi connectivity index (χ0n) is 10.1. The van der Waals surface area contributed by atoms with Gasteiger partial charge in [0, 0.05) is 18.1 Å². The summed E-state index contributed by atoms with van der Waals surface area (Å²) in [4.78, 5) is 22.4. The number of aromatic amines is 2. The maximum absolute atomic E-state index is 12.1. The summed E-state index contributed by atoms with van der Waals surface area (Å²) in [5.74, 6) is 0.528. The lowest BCUT2D eigenvalue weighted by molar-refractivity contribution is 0.953. The molecular formula is C13H14N4O. The second-order valence-corrected chi connectivity index (χ2v) is 4.24. The molecule has 2 aromatic heterocycles. The van der Waals surface area contributed by atoms with Gasteiger partial charge in [0.1, 0.15) is 0 Å². The van der Waals surface area contributed by atoms with Crippen LogP contribution in [0.3, 0.4) is 0 Å². The highest BCUT2D eigenvalue weighted by atomic mass is 16.1. The molecule has 1 aromatic carbocycles. The Morgan fingerprint density at radius 1 is 1.33 bits per heavy atom. The molecular weight excluding hydrogens is 228 g/mol. The molecule has 5 nitrogen and oxygen atoms in total. The second-order valence-electron chi connectivity index (χ2n) is 4.24. The highest BCUT2D eigenvalue weighted by Crippen LogP contribution is 2.20. The van der Waals surface area contributed by atoms with E-state index in [0.717, 1.165) is 23.9 Å². The molecule has 0 amide bonds. The number of aromatic nitrogens is 3. The average Bonchev–Trinajstić information content (AvgIpc) is 2.84. The molecule has 0 aliphatic heterocycles. The van der Waals surface area contributed by atoms with Gasteiger partial charge in [0.25, 0.3) is 5.56 Å². The molecule has 3 aromatic rings. The number of nitrogens with zero attached hydrogens (tertiary/aromatic N) is 1. The van der Waals surface area contributed by atoms with Gasteiger partial charge < -0.3 is 10.3 Å². The summed E-state index contributed by atoms with van der Waals surface area (Å²) in [5.41, 5.74) is 1.42. The molecule has 0 radical (unpaired) electrons. The van der Waals surface area contributed by atoms with Crippen molar-refractivity contribution in [3.05, 3.63) is 34.7 Å². The standard InChI is InChI=1S/C13H14N4O/c1-2-6-15-13-16-9-4-3-8-5-7-14-11(8)10(9)12(18)17-13/h3-5,7,14H,2,6H2,1H3,(H2,15,16,17,18). The summed E-state index contributed by atoms with van der Waals surface area (Å²) in [5, 5.41) is 4.72. The van der Waals surface area contributed by atoms with Gasteiger partial charge in [-0.1, -0.05) is 13.0 Å². The molecule has 0 unspecified atom stereocenters. The first-order valence-corrected chi connectivity index (χ1v) is 6.03. The Bertz CT molecular complexity index is 756. The van der Waals surface area contributed by atoms with Crippen molar-refractivity contribution in [3.63, 3.8) is 0 Å². The third-order valence-corrected chi connectivity index (χ3v) is 2.94. The molecule has 3 rings (SSSR count). The Balaban J connectivity index is 2.25. The number of anilines is 1. The second kappa shape index (κ2) is 4.18. The van der Waals surface area contributed by atoms with Gasteiger partial charge in [-0.25, -0.2) is 4.98 Å². The molecule has 0 fully saturated rings. The fraction of sp³-hybridized carbons (Fsp3) is 0.231. The molecule has 0 atom stereocenters. The minimum absolute atomic E-state index is 0.119. The van der Waals surface area contributed by atoms with Crippen molar-refractivity contribution in [3.8, 4) is 0 Å². The van der Waals surface area contributed by atoms with Crippen LogP contribution in [0.15, 0.2) is 29.2 Å². The number of nitrogens with one attached hydrogen (secondary N) is 3. The topological polar surface area (TPSA) is 73.6 Å². The SMILES string of the molecule is CCCNc1nc2ccc3cc[nH]c3c2c(=O)[nH]1. The Kier molecular flexibility index (Phi) is 2.51. The van der Waals surface area contributed by atoms with Gasteiger partial charge in [-0.3, -0.25) is 9.78 Å². The van der Waals surface area contributed by atoms with Crippen molar-refractivity contribution in [1.82, 2.24) is 15.0 Å². The van der Waals surface area contributed by atoms with Crippen molar-refractivity contribution in [2.75, 3.05) is 11.9 Å². The Hall–Kier alpha value is -2.30. The van der Waals surface area contributed by atoms with Crippen molar-refractivity contribution in [2.24, 2.45) is 0 Å². The Morgan fingerprint density at radius 2 is 2.22 bits per heavy atom. The summed E-state index contributed by atoms with van der Waals surface area (Å²) in [7, 11) is 0. The maximum Gasteiger partial charge on any atom is 0.262 e. The predicted octanol–water partition coefficient (Wildman–Crippen LogP) is 2.23. The van der Waals surface area contributed by atoms with Gasteiger partial charge in [-0.05, 0) is 18.6 Å². The van der Waals surface area contributed by atoms with Crippen LogP contribution in [0.25, 0.3) is 21.8 Å². The predicted molar refractivity (Wildman–Crippen MR) is 73.0 cm³/mol. The fourth-order valence-electron chi connectivity index (χ4n) is 2.09. The number of hydrogen-bond donors (Lipinski definition) is 3. The lowest BCUT2D eigenvalue weighted by Crippen LogP contribution is -2.14. The van der Waals surface area contributed by atoms with Crippen LogP contribution >= 0.6 is 0 Å². The molecule has 0 bridgehead atoms. The van der Waals surface area contributed by atoms with Gasteiger partial charge >= 0.3 is 0 Å². The maximum atomic E-state index is 12.1. The van der Waals surface area contributed by atoms with Crippen LogP contribution in [0.1, 0.15) is 13.3 Å². The monoisotopic (exact) mass is 242 g/mol. The largest absolute Gasteiger partial charge is 0.360 e. The molecule has 5 heteroatoms. The third-order valence-electron chi connectivity index (χ3n) is 2.94. The van der Waals surface area contributed by atoms with E-state index < -0.39 is 0 Å². The van der Waals surface area contributed by atoms with Crippen molar-refractivity contribution in [1.29, 1.82) is 0 Å². The van der Waals surface area contributed by atoms with E-state index in [2.05, 4.69) is 27.2 Å². The Labute approximate surface area is 103 Å². The molecule has 18 heavy (non-hydrogen) atoms. The summed E-state index contributed by atoms with van der Waals surface area (Å²) in [6, 6.07) is 5.78. The molecule has 0 aliphatic rings. The minimum Gasteiger partial charge on any atom is -0.360 e. The zero-order valence-corrected chi connectivity index (χ0v) is 10.1. The number of fused-ring (bicyclic) bond motifs is 3. The molecule has 2 heterocycles. The van der Waals surface area contributed by atoms with Crippen LogP contribution in [0.5, 0.6) is 0 Å². The first kappa shape index (κ1) is 10.8. The summed E-state index contributed by atoms with van der Waals surface area (Å²) in [6.07, 6.45) is 2.81. The van der Waals surface area contributed by atoms with E-state index in [1.165, 1.54) is 0 Å². The summed E-state index contributed by atoms with van der Waals surface area (Å²) < 4.78 is 0. The van der Waals surface area contributed by atoms with Crippen LogP contribution in [-0.4, -0.2) is 21.5 Å². The molecule has 0 saturated heterocycles. The van der Waals surface area contributed by atoms with E-state index in [0.29, 0.717) is 16.9 Å². The van der Waals surface area contributed by atoms with E-state index in [4.69, 9.17) is 0 Å². The van der Waals surface area contributed by atoms with Crippen molar-refractivity contribution >= 4 is 27.8 Å². The number of rotatable bonds is 3. The number of H-pyrrole nitrogens is 2. The van der Waals surface area contributed by atoms with Gasteiger partial charge in [-0.2, -0.15) is 0 Å². The van der Waals surface area contributed by atoms with Gasteiger partial charge in [-0.15, -0.1) is 0 Å². The molecule has 0 saturated carbocycles. The normalized spacial score (nSPS) is 11.2. The third kappa shape index (κ3) is 1.64. The van der Waals surface area contributed by atoms with Crippen LogP contribution in [0, 0.1) is 0 Å². The first-order chi connectivity index (χ1) is 8.79. The molecule has 0 spiro atoms. The first-order valence-electron chi connectivity index (χ1n) is 6.03. The lowest BCUT2D eigenvalue weighted by atomic mass is 10.2. The van der Waals surface area contributed by atoms with E-state index >= 15 is 0 Å². The zero-order chi connectivity index (χ0) is 12.5. The van der Waals surface area contributed by atoms with Gasteiger partial charge in [0.15, 0.2) is 0 Å². The fourth-order valence-corrected chi connectivity index (χ4v) is 2.09. The minimum atomic E-state index is -0.119. The number of benzene rings is 1. The van der Waals surface area contributed by atoms with Crippen LogP contribution in [-0.2, 0) is 0 Å². The molecule has 0 aliphatic carbocycles. The smallest absolute Gasteiger partial charge is 0.262 e. The van der Waals surface area contributed by atoms with E-state index in [1.807, 2.05) is 24.4 Å². The van der Waals surface area contributed by atoms with Crippen LogP contribution < -0.4 is 10.9 Å². The molecule has 3 N–H and O–H groups in total. The van der Waals surface area contributed by atoms with Crippen LogP contribution in [0.2, 0.25) is 0 Å². The van der Waals surface area contributed by atoms with Gasteiger partial charge in [0.2, 0.25) is 5.95 Å². The molecule has 92 valence electrons. The van der Waals surface area contributed by atoms with E-state index in [9.17, 15) is 4.79 Å². The van der Waals surface area contributed by atoms with Gasteiger partial charge in [0.05, 0.1) is 16.4 Å². The Morgan fingerprint density at radius 3 is 3.06 bits per heavy atom. The van der Waals surface area contributed by atoms with E-state index in [1.54, 1.807) is 0 Å². The van der Waals surface area contributed by atoms with Crippen molar-refractivity contribution in [2.45, 2.75) is 13.3 Å². The highest BCUT2D eigenvalue weighted by molar-refractivity contribution is 6.03. The van der Waals surface area contributed by atoms with E-state index in [-0.39, 0.29) is 5.56 Å². The average molecular weight is 242 g/mol.